The van der Waals surface area contributed by atoms with Crippen LogP contribution in [0, 0.1) is 6.92 Å². The van der Waals surface area contributed by atoms with Gasteiger partial charge in [-0.3, -0.25) is 4.79 Å². The van der Waals surface area contributed by atoms with Crippen molar-refractivity contribution in [3.63, 3.8) is 0 Å². The first kappa shape index (κ1) is 19.7. The molecule has 1 N–H and O–H groups in total. The highest BCUT2D eigenvalue weighted by atomic mass is 32.2. The first-order valence-corrected chi connectivity index (χ1v) is 12.6. The zero-order valence-corrected chi connectivity index (χ0v) is 18.9. The number of hydrogen-bond donors (Lipinski definition) is 1. The van der Waals surface area contributed by atoms with Gasteiger partial charge in [-0.1, -0.05) is 41.6 Å². The molecule has 30 heavy (non-hydrogen) atoms. The van der Waals surface area contributed by atoms with Crippen molar-refractivity contribution in [3.05, 3.63) is 52.1 Å². The monoisotopic (exact) mass is 452 g/mol. The maximum atomic E-state index is 12.6. The Balaban J connectivity index is 1.34. The number of thiazole rings is 1. The van der Waals surface area contributed by atoms with Crippen molar-refractivity contribution in [2.75, 3.05) is 11.1 Å². The number of rotatable bonds is 5. The molecule has 5 rings (SSSR count). The fourth-order valence-electron chi connectivity index (χ4n) is 3.60. The lowest BCUT2D eigenvalue weighted by Crippen LogP contribution is -2.14. The fraction of sp³-hybridized carbons (Fsp3) is 0.273. The maximum absolute atomic E-state index is 12.6. The third-order valence-electron chi connectivity index (χ3n) is 5.13. The zero-order chi connectivity index (χ0) is 20.5. The van der Waals surface area contributed by atoms with Crippen LogP contribution in [0.1, 0.15) is 29.0 Å². The van der Waals surface area contributed by atoms with E-state index >= 15 is 0 Å². The SMILES string of the molecule is Cc1ccc(-c2csc3ncnc(SCC(=O)Nc4nc5c(s4)CCCC5)c23)cc1. The topological polar surface area (TPSA) is 67.8 Å². The first-order chi connectivity index (χ1) is 14.7. The molecule has 0 radical (unpaired) electrons. The Hall–Kier alpha value is -2.29. The molecule has 0 aliphatic heterocycles. The van der Waals surface area contributed by atoms with Crippen LogP contribution in [0.25, 0.3) is 21.3 Å². The molecule has 0 saturated carbocycles. The zero-order valence-electron chi connectivity index (χ0n) is 16.5. The van der Waals surface area contributed by atoms with Crippen LogP contribution in [0.3, 0.4) is 0 Å². The van der Waals surface area contributed by atoms with Gasteiger partial charge >= 0.3 is 0 Å². The summed E-state index contributed by atoms with van der Waals surface area (Å²) < 4.78 is 0. The molecule has 0 unspecified atom stereocenters. The van der Waals surface area contributed by atoms with E-state index in [1.807, 2.05) is 0 Å². The summed E-state index contributed by atoms with van der Waals surface area (Å²) in [6.45, 7) is 2.08. The van der Waals surface area contributed by atoms with E-state index in [-0.39, 0.29) is 5.91 Å². The van der Waals surface area contributed by atoms with Gasteiger partial charge in [0.1, 0.15) is 16.2 Å². The summed E-state index contributed by atoms with van der Waals surface area (Å²) in [5, 5.41) is 7.67. The molecule has 0 atom stereocenters. The third-order valence-corrected chi connectivity index (χ3v) is 8.08. The largest absolute Gasteiger partial charge is 0.301 e. The van der Waals surface area contributed by atoms with Crippen molar-refractivity contribution < 1.29 is 4.79 Å². The van der Waals surface area contributed by atoms with Gasteiger partial charge < -0.3 is 5.32 Å². The number of amides is 1. The Morgan fingerprint density at radius 2 is 2.00 bits per heavy atom. The van der Waals surface area contributed by atoms with Gasteiger partial charge in [0.15, 0.2) is 5.13 Å². The Bertz CT molecular complexity index is 1190. The van der Waals surface area contributed by atoms with Crippen LogP contribution < -0.4 is 5.32 Å². The number of thiophene rings is 1. The molecule has 0 saturated heterocycles. The predicted octanol–water partition coefficient (Wildman–Crippen LogP) is 5.73. The molecule has 3 heterocycles. The van der Waals surface area contributed by atoms with Crippen molar-refractivity contribution in [1.29, 1.82) is 0 Å². The Labute approximate surface area is 187 Å². The van der Waals surface area contributed by atoms with Crippen molar-refractivity contribution in [1.82, 2.24) is 15.0 Å². The van der Waals surface area contributed by atoms with Gasteiger partial charge in [-0.25, -0.2) is 15.0 Å². The Morgan fingerprint density at radius 3 is 2.83 bits per heavy atom. The van der Waals surface area contributed by atoms with Crippen LogP contribution in [0.2, 0.25) is 0 Å². The molecule has 0 bridgehead atoms. The predicted molar refractivity (Wildman–Crippen MR) is 126 cm³/mol. The smallest absolute Gasteiger partial charge is 0.236 e. The van der Waals surface area contributed by atoms with Crippen LogP contribution >= 0.6 is 34.4 Å². The number of nitrogens with zero attached hydrogens (tertiary/aromatic N) is 3. The van der Waals surface area contributed by atoms with Gasteiger partial charge in [-0.15, -0.1) is 22.7 Å². The lowest BCUT2D eigenvalue weighted by atomic mass is 10.0. The molecular weight excluding hydrogens is 432 g/mol. The summed E-state index contributed by atoms with van der Waals surface area (Å²) in [4.78, 5) is 28.3. The standard InChI is InChI=1S/C22H20N4OS3/c1-13-6-8-14(9-7-13)15-10-28-20-19(15)21(24-12-23-20)29-11-18(27)26-22-25-16-4-2-3-5-17(16)30-22/h6-10,12H,2-5,11H2,1H3,(H,25,26,27). The number of carbonyl (C=O) groups is 1. The first-order valence-electron chi connectivity index (χ1n) is 9.88. The number of aromatic nitrogens is 3. The number of hydrogen-bond acceptors (Lipinski definition) is 7. The van der Waals surface area contributed by atoms with Crippen molar-refractivity contribution in [3.8, 4) is 11.1 Å². The minimum atomic E-state index is -0.0509. The molecule has 4 aromatic rings. The van der Waals surface area contributed by atoms with E-state index in [0.29, 0.717) is 5.75 Å². The van der Waals surface area contributed by atoms with E-state index in [1.165, 1.54) is 35.0 Å². The number of thioether (sulfide) groups is 1. The summed E-state index contributed by atoms with van der Waals surface area (Å²) in [6.07, 6.45) is 6.08. The average Bonchev–Trinajstić information content (AvgIpc) is 3.36. The second-order valence-electron chi connectivity index (χ2n) is 7.31. The molecule has 1 aliphatic rings. The van der Waals surface area contributed by atoms with Gasteiger partial charge in [-0.05, 0) is 38.2 Å². The Kier molecular flexibility index (Phi) is 5.54. The Morgan fingerprint density at radius 1 is 1.17 bits per heavy atom. The molecular formula is C22H20N4OS3. The maximum Gasteiger partial charge on any atom is 0.236 e. The van der Waals surface area contributed by atoms with Gasteiger partial charge in [0.25, 0.3) is 0 Å². The average molecular weight is 453 g/mol. The van der Waals surface area contributed by atoms with E-state index in [2.05, 4.69) is 56.8 Å². The normalized spacial score (nSPS) is 13.4. The summed E-state index contributed by atoms with van der Waals surface area (Å²) in [7, 11) is 0. The molecule has 1 aromatic carbocycles. The van der Waals surface area contributed by atoms with Crippen LogP contribution in [0.15, 0.2) is 41.0 Å². The third kappa shape index (κ3) is 3.99. The molecule has 0 fully saturated rings. The highest BCUT2D eigenvalue weighted by Gasteiger charge is 2.18. The van der Waals surface area contributed by atoms with E-state index in [9.17, 15) is 4.79 Å². The van der Waals surface area contributed by atoms with Gasteiger partial charge in [0.2, 0.25) is 5.91 Å². The number of benzene rings is 1. The molecule has 1 aliphatic carbocycles. The van der Waals surface area contributed by atoms with Crippen LogP contribution in [0.5, 0.6) is 0 Å². The van der Waals surface area contributed by atoms with Crippen molar-refractivity contribution in [2.24, 2.45) is 0 Å². The van der Waals surface area contributed by atoms with Crippen molar-refractivity contribution in [2.45, 2.75) is 37.6 Å². The number of aryl methyl sites for hydroxylation is 3. The highest BCUT2D eigenvalue weighted by molar-refractivity contribution is 8.00. The minimum absolute atomic E-state index is 0.0509. The summed E-state index contributed by atoms with van der Waals surface area (Å²) in [6, 6.07) is 8.46. The summed E-state index contributed by atoms with van der Waals surface area (Å²) >= 11 is 4.67. The second kappa shape index (κ2) is 8.45. The molecule has 1 amide bonds. The minimum Gasteiger partial charge on any atom is -0.301 e. The molecule has 5 nitrogen and oxygen atoms in total. The highest BCUT2D eigenvalue weighted by Crippen LogP contribution is 2.38. The summed E-state index contributed by atoms with van der Waals surface area (Å²) in [5.41, 5.74) is 4.64. The number of carbonyl (C=O) groups excluding carboxylic acids is 1. The molecule has 0 spiro atoms. The lowest BCUT2D eigenvalue weighted by molar-refractivity contribution is -0.113. The van der Waals surface area contributed by atoms with Crippen LogP contribution in [-0.2, 0) is 17.6 Å². The van der Waals surface area contributed by atoms with E-state index in [4.69, 9.17) is 0 Å². The van der Waals surface area contributed by atoms with E-state index in [0.717, 1.165) is 50.0 Å². The molecule has 152 valence electrons. The van der Waals surface area contributed by atoms with E-state index < -0.39 is 0 Å². The molecule has 3 aromatic heterocycles. The quantitative estimate of drug-likeness (QED) is 0.309. The van der Waals surface area contributed by atoms with Gasteiger partial charge in [0, 0.05) is 15.8 Å². The second-order valence-corrected chi connectivity index (χ2v) is 10.2. The number of fused-ring (bicyclic) bond motifs is 2. The summed E-state index contributed by atoms with van der Waals surface area (Å²) in [5.74, 6) is 0.240. The van der Waals surface area contributed by atoms with Crippen LogP contribution in [-0.4, -0.2) is 26.6 Å². The number of anilines is 1. The van der Waals surface area contributed by atoms with Crippen molar-refractivity contribution >= 4 is 55.7 Å². The van der Waals surface area contributed by atoms with E-state index in [1.54, 1.807) is 29.0 Å². The molecule has 8 heteroatoms. The fourth-order valence-corrected chi connectivity index (χ4v) is 6.46. The number of nitrogens with one attached hydrogen (secondary N) is 1. The van der Waals surface area contributed by atoms with Gasteiger partial charge in [-0.2, -0.15) is 0 Å². The van der Waals surface area contributed by atoms with Gasteiger partial charge in [0.05, 0.1) is 16.8 Å². The lowest BCUT2D eigenvalue weighted by Gasteiger charge is -2.06. The van der Waals surface area contributed by atoms with Crippen LogP contribution in [0.4, 0.5) is 5.13 Å².